The first-order valence-electron chi connectivity index (χ1n) is 8.76. The van der Waals surface area contributed by atoms with Crippen molar-refractivity contribution in [3.8, 4) is 5.69 Å². The van der Waals surface area contributed by atoms with E-state index in [-0.39, 0.29) is 11.9 Å². The van der Waals surface area contributed by atoms with E-state index in [0.717, 1.165) is 43.4 Å². The number of carbonyl (C=O) groups excluding carboxylic acids is 1. The minimum Gasteiger partial charge on any atom is -0.342 e. The highest BCUT2D eigenvalue weighted by molar-refractivity contribution is 5.94. The lowest BCUT2D eigenvalue weighted by atomic mass is 10.1. The monoisotopic (exact) mass is 351 g/mol. The molecule has 26 heavy (non-hydrogen) atoms. The number of nitrogens with one attached hydrogen (secondary N) is 2. The number of amides is 1. The number of hydrogen-bond donors (Lipinski definition) is 2. The molecule has 0 saturated carbocycles. The van der Waals surface area contributed by atoms with Crippen LogP contribution in [0.1, 0.15) is 35.0 Å². The Labute approximate surface area is 151 Å². The van der Waals surface area contributed by atoms with Crippen LogP contribution >= 0.6 is 0 Å². The van der Waals surface area contributed by atoms with E-state index in [2.05, 4.69) is 30.5 Å². The van der Waals surface area contributed by atoms with E-state index in [1.165, 1.54) is 0 Å². The first kappa shape index (κ1) is 16.5. The normalized spacial score (nSPS) is 15.1. The van der Waals surface area contributed by atoms with E-state index in [1.54, 1.807) is 16.9 Å². The molecule has 1 unspecified atom stereocenters. The quantitative estimate of drug-likeness (QED) is 0.735. The third-order valence-electron chi connectivity index (χ3n) is 4.51. The fourth-order valence-electron chi connectivity index (χ4n) is 3.17. The number of fused-ring (bicyclic) bond motifs is 1. The van der Waals surface area contributed by atoms with Gasteiger partial charge in [0.2, 0.25) is 0 Å². The molecule has 0 saturated heterocycles. The highest BCUT2D eigenvalue weighted by Crippen LogP contribution is 2.15. The van der Waals surface area contributed by atoms with E-state index in [0.29, 0.717) is 5.56 Å². The zero-order valence-corrected chi connectivity index (χ0v) is 14.6. The second-order valence-electron chi connectivity index (χ2n) is 6.32. The second kappa shape index (κ2) is 7.09. The van der Waals surface area contributed by atoms with Crippen molar-refractivity contribution in [3.63, 3.8) is 0 Å². The molecule has 1 atom stereocenters. The van der Waals surface area contributed by atoms with Gasteiger partial charge in [0.15, 0.2) is 5.82 Å². The van der Waals surface area contributed by atoms with Crippen molar-refractivity contribution in [3.05, 3.63) is 59.9 Å². The maximum absolute atomic E-state index is 12.7. The van der Waals surface area contributed by atoms with Crippen LogP contribution in [0.25, 0.3) is 5.69 Å². The maximum Gasteiger partial charge on any atom is 0.251 e. The van der Waals surface area contributed by atoms with E-state index < -0.39 is 0 Å². The van der Waals surface area contributed by atoms with Gasteiger partial charge in [0.1, 0.15) is 5.82 Å². The minimum absolute atomic E-state index is 0.143. The summed E-state index contributed by atoms with van der Waals surface area (Å²) in [5.41, 5.74) is 1.43. The summed E-state index contributed by atoms with van der Waals surface area (Å²) in [6.45, 7) is 4.53. The van der Waals surface area contributed by atoms with Crippen LogP contribution in [0.3, 0.4) is 0 Å². The van der Waals surface area contributed by atoms with E-state index in [1.807, 2.05) is 37.4 Å². The third kappa shape index (κ3) is 3.23. The predicted octanol–water partition coefficient (Wildman–Crippen LogP) is 1.10. The fraction of sp³-hybridized carbons (Fsp3) is 0.333. The van der Waals surface area contributed by atoms with E-state index >= 15 is 0 Å². The van der Waals surface area contributed by atoms with Gasteiger partial charge in [-0.2, -0.15) is 5.10 Å². The first-order chi connectivity index (χ1) is 12.7. The zero-order valence-electron chi connectivity index (χ0n) is 14.6. The maximum atomic E-state index is 12.7. The van der Waals surface area contributed by atoms with Gasteiger partial charge in [-0.25, -0.2) is 4.68 Å². The topological polar surface area (TPSA) is 89.7 Å². The van der Waals surface area contributed by atoms with Crippen molar-refractivity contribution in [1.29, 1.82) is 0 Å². The van der Waals surface area contributed by atoms with Crippen LogP contribution in [0, 0.1) is 0 Å². The van der Waals surface area contributed by atoms with Crippen molar-refractivity contribution in [2.45, 2.75) is 25.9 Å². The molecule has 1 amide bonds. The largest absolute Gasteiger partial charge is 0.342 e. The van der Waals surface area contributed by atoms with Crippen LogP contribution < -0.4 is 10.6 Å². The Balaban J connectivity index is 1.52. The van der Waals surface area contributed by atoms with E-state index in [9.17, 15) is 4.79 Å². The molecule has 2 aromatic heterocycles. The summed E-state index contributed by atoms with van der Waals surface area (Å²) < 4.78 is 3.83. The van der Waals surface area contributed by atoms with Crippen LogP contribution in [0.5, 0.6) is 0 Å². The third-order valence-corrected chi connectivity index (χ3v) is 4.51. The van der Waals surface area contributed by atoms with Gasteiger partial charge < -0.3 is 15.2 Å². The van der Waals surface area contributed by atoms with Gasteiger partial charge >= 0.3 is 0 Å². The number of rotatable bonds is 4. The van der Waals surface area contributed by atoms with Crippen LogP contribution in [-0.2, 0) is 13.0 Å². The van der Waals surface area contributed by atoms with Crippen LogP contribution in [0.15, 0.2) is 42.7 Å². The molecular formula is C18H21N7O. The number of nitrogens with zero attached hydrogens (tertiary/aromatic N) is 5. The molecule has 8 nitrogen and oxygen atoms in total. The summed E-state index contributed by atoms with van der Waals surface area (Å²) in [4.78, 5) is 12.7. The molecule has 3 aromatic rings. The van der Waals surface area contributed by atoms with E-state index in [4.69, 9.17) is 0 Å². The number of carbonyl (C=O) groups is 1. The Morgan fingerprint density at radius 3 is 3.04 bits per heavy atom. The van der Waals surface area contributed by atoms with Crippen LogP contribution in [-0.4, -0.2) is 43.5 Å². The molecule has 1 aromatic carbocycles. The highest BCUT2D eigenvalue weighted by atomic mass is 16.1. The first-order valence-corrected chi connectivity index (χ1v) is 8.76. The lowest BCUT2D eigenvalue weighted by molar-refractivity contribution is 0.0937. The van der Waals surface area contributed by atoms with Crippen LogP contribution in [0.4, 0.5) is 0 Å². The molecule has 0 aliphatic carbocycles. The minimum atomic E-state index is -0.227. The Bertz CT molecular complexity index is 900. The van der Waals surface area contributed by atoms with Gasteiger partial charge in [-0.15, -0.1) is 10.2 Å². The Morgan fingerprint density at radius 1 is 1.27 bits per heavy atom. The predicted molar refractivity (Wildman–Crippen MR) is 96.0 cm³/mol. The second-order valence-corrected chi connectivity index (χ2v) is 6.32. The summed E-state index contributed by atoms with van der Waals surface area (Å²) in [5, 5.41) is 19.2. The van der Waals surface area contributed by atoms with Crippen molar-refractivity contribution >= 4 is 5.91 Å². The smallest absolute Gasteiger partial charge is 0.251 e. The summed E-state index contributed by atoms with van der Waals surface area (Å²) in [6, 6.07) is 9.01. The number of benzene rings is 1. The lowest BCUT2D eigenvalue weighted by Gasteiger charge is -2.15. The molecule has 0 radical (unpaired) electrons. The molecule has 0 fully saturated rings. The molecule has 134 valence electrons. The van der Waals surface area contributed by atoms with Gasteiger partial charge in [0.05, 0.1) is 11.7 Å². The molecule has 1 aliphatic rings. The van der Waals surface area contributed by atoms with Gasteiger partial charge in [-0.3, -0.25) is 4.79 Å². The lowest BCUT2D eigenvalue weighted by Crippen LogP contribution is -2.29. The average Bonchev–Trinajstić information content (AvgIpc) is 3.27. The zero-order chi connectivity index (χ0) is 17.9. The molecule has 4 rings (SSSR count). The number of hydrogen-bond acceptors (Lipinski definition) is 5. The van der Waals surface area contributed by atoms with Gasteiger partial charge in [-0.05, 0) is 31.2 Å². The summed E-state index contributed by atoms with van der Waals surface area (Å²) in [5.74, 6) is 1.61. The molecule has 2 N–H and O–H groups in total. The van der Waals surface area contributed by atoms with Gasteiger partial charge in [0, 0.05) is 44.0 Å². The SMILES string of the molecule is CC(NC(=O)c1cccc(-n2cccn2)c1)c1nnc2n1CCNCC2. The van der Waals surface area contributed by atoms with Gasteiger partial charge in [-0.1, -0.05) is 6.07 Å². The van der Waals surface area contributed by atoms with Crippen molar-refractivity contribution in [2.75, 3.05) is 13.1 Å². The Morgan fingerprint density at radius 2 is 2.19 bits per heavy atom. The summed E-state index contributed by atoms with van der Waals surface area (Å²) in [6.07, 6.45) is 4.40. The molecule has 8 heteroatoms. The van der Waals surface area contributed by atoms with Crippen molar-refractivity contribution < 1.29 is 4.79 Å². The molecule has 0 bridgehead atoms. The summed E-state index contributed by atoms with van der Waals surface area (Å²) >= 11 is 0. The standard InChI is InChI=1S/C18H21N7O/c1-13(17-23-22-16-6-8-19-9-11-24(16)17)21-18(26)14-4-2-5-15(12-14)25-10-3-7-20-25/h2-5,7,10,12-13,19H,6,8-9,11H2,1H3,(H,21,26). The number of aromatic nitrogens is 5. The molecular weight excluding hydrogens is 330 g/mol. The fourth-order valence-corrected chi connectivity index (χ4v) is 3.17. The van der Waals surface area contributed by atoms with Crippen molar-refractivity contribution in [2.24, 2.45) is 0 Å². The summed E-state index contributed by atoms with van der Waals surface area (Å²) in [7, 11) is 0. The Kier molecular flexibility index (Phi) is 4.49. The highest BCUT2D eigenvalue weighted by Gasteiger charge is 2.21. The van der Waals surface area contributed by atoms with Gasteiger partial charge in [0.25, 0.3) is 5.91 Å². The van der Waals surface area contributed by atoms with Crippen molar-refractivity contribution in [1.82, 2.24) is 35.2 Å². The molecule has 1 aliphatic heterocycles. The molecule has 3 heterocycles. The Hall–Kier alpha value is -3.00. The average molecular weight is 351 g/mol. The van der Waals surface area contributed by atoms with Crippen LogP contribution in [0.2, 0.25) is 0 Å². The molecule has 0 spiro atoms.